The van der Waals surface area contributed by atoms with Gasteiger partial charge in [0.05, 0.1) is 11.2 Å². The summed E-state index contributed by atoms with van der Waals surface area (Å²) < 4.78 is 0. The van der Waals surface area contributed by atoms with E-state index >= 15 is 0 Å². The van der Waals surface area contributed by atoms with Crippen molar-refractivity contribution in [1.82, 2.24) is 4.98 Å². The zero-order valence-corrected chi connectivity index (χ0v) is 13.1. The molecule has 3 heteroatoms. The molecule has 0 atom stereocenters. The lowest BCUT2D eigenvalue weighted by Gasteiger charge is -2.34. The Bertz CT molecular complexity index is 609. The molecule has 0 aliphatic carbocycles. The Hall–Kier alpha value is -1.77. The zero-order valence-electron chi connectivity index (χ0n) is 13.1. The minimum absolute atomic E-state index is 0.0110. The lowest BCUT2D eigenvalue weighted by atomic mass is 9.81. The van der Waals surface area contributed by atoms with Crippen LogP contribution in [0.5, 0.6) is 0 Å². The average Bonchev–Trinajstić information content (AvgIpc) is 2.30. The van der Waals surface area contributed by atoms with E-state index < -0.39 is 0 Å². The first-order chi connectivity index (χ1) is 9.18. The quantitative estimate of drug-likeness (QED) is 0.811. The molecule has 0 unspecified atom stereocenters. The second kappa shape index (κ2) is 4.97. The third-order valence-electron chi connectivity index (χ3n) is 3.25. The van der Waals surface area contributed by atoms with Crippen molar-refractivity contribution in [2.45, 2.75) is 46.6 Å². The lowest BCUT2D eigenvalue weighted by molar-refractivity contribution is 0.302. The largest absolute Gasteiger partial charge is 0.397 e. The average molecular weight is 271 g/mol. The van der Waals surface area contributed by atoms with Crippen LogP contribution in [-0.4, -0.2) is 10.5 Å². The molecule has 1 heterocycles. The molecule has 20 heavy (non-hydrogen) atoms. The molecule has 2 rings (SSSR count). The molecule has 0 radical (unpaired) electrons. The number of hydrogen-bond acceptors (Lipinski definition) is 3. The monoisotopic (exact) mass is 271 g/mol. The van der Waals surface area contributed by atoms with Crippen LogP contribution < -0.4 is 11.1 Å². The standard InChI is InChI=1S/C17H25N3/c1-16(2,3)11-17(4,5)20-14-9-8-13(18)15-12(14)7-6-10-19-15/h6-10,20H,11,18H2,1-5H3. The topological polar surface area (TPSA) is 50.9 Å². The Kier molecular flexibility index (Phi) is 3.63. The molecule has 0 amide bonds. The first kappa shape index (κ1) is 14.6. The second-order valence-corrected chi connectivity index (χ2v) is 7.35. The van der Waals surface area contributed by atoms with Gasteiger partial charge in [-0.1, -0.05) is 20.8 Å². The van der Waals surface area contributed by atoms with Crippen molar-refractivity contribution in [2.24, 2.45) is 5.41 Å². The van der Waals surface area contributed by atoms with Crippen molar-refractivity contribution in [3.05, 3.63) is 30.5 Å². The van der Waals surface area contributed by atoms with Crippen LogP contribution in [0.1, 0.15) is 41.0 Å². The fourth-order valence-electron chi connectivity index (χ4n) is 3.04. The van der Waals surface area contributed by atoms with E-state index in [-0.39, 0.29) is 11.0 Å². The van der Waals surface area contributed by atoms with Gasteiger partial charge in [-0.2, -0.15) is 0 Å². The number of anilines is 2. The normalized spacial score (nSPS) is 12.7. The fraction of sp³-hybridized carbons (Fsp3) is 0.471. The molecule has 3 nitrogen and oxygen atoms in total. The first-order valence-corrected chi connectivity index (χ1v) is 7.09. The SMILES string of the molecule is CC(C)(C)CC(C)(C)Nc1ccc(N)c2ncccc12. The van der Waals surface area contributed by atoms with Gasteiger partial charge in [-0.25, -0.2) is 0 Å². The predicted octanol–water partition coefficient (Wildman–Crippen LogP) is 4.44. The van der Waals surface area contributed by atoms with E-state index in [0.29, 0.717) is 0 Å². The molecular formula is C17H25N3. The van der Waals surface area contributed by atoms with Gasteiger partial charge in [0.15, 0.2) is 0 Å². The number of nitrogens with two attached hydrogens (primary N) is 1. The summed E-state index contributed by atoms with van der Waals surface area (Å²) in [6.07, 6.45) is 2.86. The van der Waals surface area contributed by atoms with Crippen molar-refractivity contribution in [3.8, 4) is 0 Å². The Morgan fingerprint density at radius 2 is 1.80 bits per heavy atom. The van der Waals surface area contributed by atoms with Crippen molar-refractivity contribution >= 4 is 22.3 Å². The fourth-order valence-corrected chi connectivity index (χ4v) is 3.04. The smallest absolute Gasteiger partial charge is 0.0951 e. The number of hydrogen-bond donors (Lipinski definition) is 2. The second-order valence-electron chi connectivity index (χ2n) is 7.35. The van der Waals surface area contributed by atoms with Gasteiger partial charge in [0.2, 0.25) is 0 Å². The number of nitrogens with zero attached hydrogens (tertiary/aromatic N) is 1. The Morgan fingerprint density at radius 1 is 1.10 bits per heavy atom. The van der Waals surface area contributed by atoms with Gasteiger partial charge < -0.3 is 11.1 Å². The highest BCUT2D eigenvalue weighted by Gasteiger charge is 2.25. The molecule has 0 saturated heterocycles. The maximum absolute atomic E-state index is 6.00. The molecule has 2 aromatic rings. The summed E-state index contributed by atoms with van der Waals surface area (Å²) in [6, 6.07) is 7.98. The van der Waals surface area contributed by atoms with Gasteiger partial charge in [-0.15, -0.1) is 0 Å². The first-order valence-electron chi connectivity index (χ1n) is 7.09. The lowest BCUT2D eigenvalue weighted by Crippen LogP contribution is -2.35. The molecule has 0 saturated carbocycles. The molecule has 0 bridgehead atoms. The number of nitrogens with one attached hydrogen (secondary N) is 1. The van der Waals surface area contributed by atoms with Gasteiger partial charge in [0.1, 0.15) is 0 Å². The molecule has 0 spiro atoms. The van der Waals surface area contributed by atoms with E-state index in [4.69, 9.17) is 5.73 Å². The molecule has 1 aromatic heterocycles. The van der Waals surface area contributed by atoms with E-state index in [1.807, 2.05) is 18.2 Å². The van der Waals surface area contributed by atoms with Crippen LogP contribution in [-0.2, 0) is 0 Å². The van der Waals surface area contributed by atoms with E-state index in [1.165, 1.54) is 0 Å². The molecule has 0 aliphatic heterocycles. The highest BCUT2D eigenvalue weighted by atomic mass is 15.0. The number of fused-ring (bicyclic) bond motifs is 1. The third-order valence-corrected chi connectivity index (χ3v) is 3.25. The minimum Gasteiger partial charge on any atom is -0.397 e. The van der Waals surface area contributed by atoms with Crippen molar-refractivity contribution in [3.63, 3.8) is 0 Å². The number of pyridine rings is 1. The third kappa shape index (κ3) is 3.41. The van der Waals surface area contributed by atoms with Gasteiger partial charge >= 0.3 is 0 Å². The van der Waals surface area contributed by atoms with Crippen LogP contribution >= 0.6 is 0 Å². The molecule has 0 fully saturated rings. The van der Waals surface area contributed by atoms with Crippen LogP contribution in [0.2, 0.25) is 0 Å². The summed E-state index contributed by atoms with van der Waals surface area (Å²) in [5.74, 6) is 0. The van der Waals surface area contributed by atoms with Crippen molar-refractivity contribution in [2.75, 3.05) is 11.1 Å². The van der Waals surface area contributed by atoms with Gasteiger partial charge in [-0.3, -0.25) is 4.98 Å². The summed E-state index contributed by atoms with van der Waals surface area (Å²) in [5.41, 5.74) is 8.97. The molecular weight excluding hydrogens is 246 g/mol. The maximum atomic E-state index is 6.00. The highest BCUT2D eigenvalue weighted by molar-refractivity contribution is 5.98. The summed E-state index contributed by atoms with van der Waals surface area (Å²) in [4.78, 5) is 4.38. The van der Waals surface area contributed by atoms with E-state index in [0.717, 1.165) is 28.7 Å². The van der Waals surface area contributed by atoms with E-state index in [9.17, 15) is 0 Å². The van der Waals surface area contributed by atoms with E-state index in [2.05, 4.69) is 51.0 Å². The van der Waals surface area contributed by atoms with Crippen LogP contribution in [0.4, 0.5) is 11.4 Å². The van der Waals surface area contributed by atoms with Crippen molar-refractivity contribution in [1.29, 1.82) is 0 Å². The van der Waals surface area contributed by atoms with Crippen molar-refractivity contribution < 1.29 is 0 Å². The molecule has 3 N–H and O–H groups in total. The molecule has 1 aromatic carbocycles. The summed E-state index contributed by atoms with van der Waals surface area (Å²) in [7, 11) is 0. The number of benzene rings is 1. The van der Waals surface area contributed by atoms with E-state index in [1.54, 1.807) is 6.20 Å². The maximum Gasteiger partial charge on any atom is 0.0951 e. The minimum atomic E-state index is 0.0110. The zero-order chi connectivity index (χ0) is 15.0. The van der Waals surface area contributed by atoms with Crippen LogP contribution in [0.15, 0.2) is 30.5 Å². The predicted molar refractivity (Wildman–Crippen MR) is 87.9 cm³/mol. The van der Waals surface area contributed by atoms with Crippen LogP contribution in [0, 0.1) is 5.41 Å². The molecule has 108 valence electrons. The number of aromatic nitrogens is 1. The highest BCUT2D eigenvalue weighted by Crippen LogP contribution is 2.33. The number of rotatable bonds is 3. The summed E-state index contributed by atoms with van der Waals surface area (Å²) >= 11 is 0. The van der Waals surface area contributed by atoms with Crippen LogP contribution in [0.25, 0.3) is 10.9 Å². The summed E-state index contributed by atoms with van der Waals surface area (Å²) in [5, 5.41) is 4.73. The number of nitrogen functional groups attached to an aromatic ring is 1. The van der Waals surface area contributed by atoms with Crippen LogP contribution in [0.3, 0.4) is 0 Å². The molecule has 0 aliphatic rings. The van der Waals surface area contributed by atoms with Gasteiger partial charge in [0, 0.05) is 22.8 Å². The Morgan fingerprint density at radius 3 is 2.45 bits per heavy atom. The van der Waals surface area contributed by atoms with Gasteiger partial charge in [-0.05, 0) is 49.9 Å². The summed E-state index contributed by atoms with van der Waals surface area (Å²) in [6.45, 7) is 11.3. The van der Waals surface area contributed by atoms with Gasteiger partial charge in [0.25, 0.3) is 0 Å². The Labute approximate surface area is 121 Å². The Balaban J connectivity index is 2.37.